The van der Waals surface area contributed by atoms with E-state index in [9.17, 15) is 13.6 Å². The second kappa shape index (κ2) is 8.51. The minimum absolute atomic E-state index is 0.0230. The van der Waals surface area contributed by atoms with E-state index in [4.69, 9.17) is 14.2 Å². The number of ketones is 1. The largest absolute Gasteiger partial charge is 0.487 e. The maximum Gasteiger partial charge on any atom is 0.272 e. The number of Topliss-reactive ketones (excluding diaryl/α,β-unsaturated/α-hetero) is 1. The molecule has 0 radical (unpaired) electrons. The van der Waals surface area contributed by atoms with Gasteiger partial charge in [0.15, 0.2) is 23.8 Å². The molecule has 1 aliphatic carbocycles. The van der Waals surface area contributed by atoms with Gasteiger partial charge in [-0.1, -0.05) is 6.07 Å². The van der Waals surface area contributed by atoms with E-state index < -0.39 is 24.6 Å². The first-order valence-corrected chi connectivity index (χ1v) is 11.5. The van der Waals surface area contributed by atoms with Gasteiger partial charge in [0, 0.05) is 35.9 Å². The topological polar surface area (TPSA) is 75.0 Å². The summed E-state index contributed by atoms with van der Waals surface area (Å²) < 4.78 is 58.7. The van der Waals surface area contributed by atoms with Crippen LogP contribution in [0.5, 0.6) is 11.6 Å². The van der Waals surface area contributed by atoms with Gasteiger partial charge in [-0.15, -0.1) is 0 Å². The van der Waals surface area contributed by atoms with E-state index in [2.05, 4.69) is 16.9 Å². The fraction of sp³-hybridized carbons (Fsp3) is 0.480. The third-order valence-corrected chi connectivity index (χ3v) is 6.45. The van der Waals surface area contributed by atoms with E-state index in [1.807, 2.05) is 0 Å². The Morgan fingerprint density at radius 3 is 2.66 bits per heavy atom. The molecule has 2 saturated heterocycles. The molecule has 3 aromatic rings. The number of carbonyl (C=O) groups is 1. The molecule has 5 heterocycles. The van der Waals surface area contributed by atoms with Crippen LogP contribution in [-0.4, -0.2) is 51.5 Å². The fourth-order valence-electron chi connectivity index (χ4n) is 5.08. The molecule has 0 spiro atoms. The third-order valence-electron chi connectivity index (χ3n) is 6.45. The first-order valence-electron chi connectivity index (χ1n) is 11.5. The summed E-state index contributed by atoms with van der Waals surface area (Å²) >= 11 is 0. The highest BCUT2D eigenvalue weighted by Gasteiger charge is 2.61. The standard InChI is InChI=1S/C25H26F3N3O4/c1-14(2)35-22-15(7-17(32)16-5-4-6-20(29-16)33-10-19(26)27)8-31-9-18(30-23(31)21(22)28)25-11-24(3,12-25)34-13-25/h4-6,8-9,14,19H,7,10-13H2,1-3H3. The number of hydrogen-bond donors (Lipinski definition) is 0. The number of fused-ring (bicyclic) bond motifs is 2. The van der Waals surface area contributed by atoms with Crippen molar-refractivity contribution >= 4 is 11.4 Å². The number of hydrogen-bond acceptors (Lipinski definition) is 6. The number of carbonyl (C=O) groups excluding carboxylic acids is 1. The molecule has 2 bridgehead atoms. The van der Waals surface area contributed by atoms with Gasteiger partial charge in [-0.2, -0.15) is 4.39 Å². The van der Waals surface area contributed by atoms with Crippen molar-refractivity contribution < 1.29 is 32.2 Å². The van der Waals surface area contributed by atoms with E-state index >= 15 is 4.39 Å². The number of rotatable bonds is 9. The van der Waals surface area contributed by atoms with Gasteiger partial charge in [-0.3, -0.25) is 4.79 Å². The van der Waals surface area contributed by atoms with Gasteiger partial charge in [-0.05, 0) is 39.7 Å². The van der Waals surface area contributed by atoms with Crippen LogP contribution in [0.25, 0.3) is 5.65 Å². The number of pyridine rings is 2. The number of imidazole rings is 1. The van der Waals surface area contributed by atoms with Gasteiger partial charge in [-0.25, -0.2) is 18.7 Å². The summed E-state index contributed by atoms with van der Waals surface area (Å²) in [4.78, 5) is 21.6. The number of halogens is 3. The molecule has 7 nitrogen and oxygen atoms in total. The van der Waals surface area contributed by atoms with Crippen molar-refractivity contribution in [1.82, 2.24) is 14.4 Å². The zero-order valence-corrected chi connectivity index (χ0v) is 19.7. The molecule has 2 aliphatic heterocycles. The van der Waals surface area contributed by atoms with Gasteiger partial charge in [0.2, 0.25) is 11.7 Å². The van der Waals surface area contributed by atoms with Crippen LogP contribution in [0.3, 0.4) is 0 Å². The van der Waals surface area contributed by atoms with Crippen molar-refractivity contribution in [3.63, 3.8) is 0 Å². The Morgan fingerprint density at radius 2 is 2.00 bits per heavy atom. The summed E-state index contributed by atoms with van der Waals surface area (Å²) in [6.07, 6.45) is 1.89. The zero-order valence-electron chi connectivity index (χ0n) is 19.7. The summed E-state index contributed by atoms with van der Waals surface area (Å²) in [5.41, 5.74) is 0.883. The lowest BCUT2D eigenvalue weighted by Gasteiger charge is -2.41. The average Bonchev–Trinajstić information content (AvgIpc) is 3.46. The van der Waals surface area contributed by atoms with Crippen molar-refractivity contribution in [2.45, 2.75) is 63.6 Å². The van der Waals surface area contributed by atoms with E-state index in [0.717, 1.165) is 18.5 Å². The lowest BCUT2D eigenvalue weighted by Crippen LogP contribution is -2.45. The summed E-state index contributed by atoms with van der Waals surface area (Å²) in [6, 6.07) is 4.34. The Morgan fingerprint density at radius 1 is 1.23 bits per heavy atom. The molecule has 10 heteroatoms. The minimum Gasteiger partial charge on any atom is -0.487 e. The van der Waals surface area contributed by atoms with Gasteiger partial charge >= 0.3 is 0 Å². The van der Waals surface area contributed by atoms with Crippen LogP contribution >= 0.6 is 0 Å². The first-order chi connectivity index (χ1) is 16.6. The van der Waals surface area contributed by atoms with Gasteiger partial charge < -0.3 is 18.6 Å². The molecule has 3 aromatic heterocycles. The van der Waals surface area contributed by atoms with Crippen LogP contribution in [-0.2, 0) is 16.6 Å². The second-order valence-electron chi connectivity index (χ2n) is 9.86. The van der Waals surface area contributed by atoms with Crippen molar-refractivity contribution in [3.8, 4) is 11.6 Å². The van der Waals surface area contributed by atoms with E-state index in [1.165, 1.54) is 18.2 Å². The maximum atomic E-state index is 15.6. The zero-order chi connectivity index (χ0) is 25.0. The summed E-state index contributed by atoms with van der Waals surface area (Å²) in [5, 5.41) is 0. The Labute approximate surface area is 200 Å². The van der Waals surface area contributed by atoms with Crippen LogP contribution in [0.4, 0.5) is 13.2 Å². The number of ether oxygens (including phenoxy) is 3. The SMILES string of the molecule is CC(C)Oc1c(CC(=O)c2cccc(OCC(F)F)n2)cn2cc(C34COC(C)(C3)C4)nc2c1F. The lowest BCUT2D eigenvalue weighted by molar-refractivity contribution is 0.0154. The van der Waals surface area contributed by atoms with Crippen molar-refractivity contribution in [2.75, 3.05) is 13.2 Å². The molecular weight excluding hydrogens is 463 g/mol. The van der Waals surface area contributed by atoms with Crippen LogP contribution in [0.1, 0.15) is 55.4 Å². The lowest BCUT2D eigenvalue weighted by atomic mass is 9.62. The summed E-state index contributed by atoms with van der Waals surface area (Å²) in [5.74, 6) is -1.20. The summed E-state index contributed by atoms with van der Waals surface area (Å²) in [7, 11) is 0. The highest BCUT2D eigenvalue weighted by Crippen LogP contribution is 2.58. The highest BCUT2D eigenvalue weighted by molar-refractivity contribution is 5.96. The monoisotopic (exact) mass is 489 g/mol. The number of aromatic nitrogens is 3. The quantitative estimate of drug-likeness (QED) is 0.411. The van der Waals surface area contributed by atoms with Crippen LogP contribution in [0.2, 0.25) is 0 Å². The van der Waals surface area contributed by atoms with Crippen LogP contribution in [0, 0.1) is 5.82 Å². The van der Waals surface area contributed by atoms with E-state index in [0.29, 0.717) is 12.2 Å². The number of nitrogens with zero attached hydrogens (tertiary/aromatic N) is 3. The molecule has 6 rings (SSSR count). The van der Waals surface area contributed by atoms with Gasteiger partial charge in [0.05, 0.1) is 24.0 Å². The van der Waals surface area contributed by atoms with Gasteiger partial charge in [0.25, 0.3) is 6.43 Å². The summed E-state index contributed by atoms with van der Waals surface area (Å²) in [6.45, 7) is 5.32. The second-order valence-corrected chi connectivity index (χ2v) is 9.86. The third kappa shape index (κ3) is 4.35. The number of alkyl halides is 2. The smallest absolute Gasteiger partial charge is 0.272 e. The Bertz CT molecular complexity index is 1280. The Balaban J connectivity index is 1.47. The molecule has 186 valence electrons. The van der Waals surface area contributed by atoms with Crippen molar-refractivity contribution in [2.24, 2.45) is 0 Å². The normalized spacial score (nSPS) is 23.2. The average molecular weight is 489 g/mol. The maximum absolute atomic E-state index is 15.6. The molecule has 0 aromatic carbocycles. The van der Waals surface area contributed by atoms with Crippen molar-refractivity contribution in [1.29, 1.82) is 0 Å². The molecule has 35 heavy (non-hydrogen) atoms. The molecule has 1 saturated carbocycles. The Hall–Kier alpha value is -3.14. The molecule has 3 aliphatic rings. The molecule has 0 N–H and O–H groups in total. The van der Waals surface area contributed by atoms with Crippen LogP contribution < -0.4 is 9.47 Å². The van der Waals surface area contributed by atoms with E-state index in [-0.39, 0.29) is 46.5 Å². The molecule has 0 amide bonds. The molecular formula is C25H26F3N3O4. The molecule has 0 unspecified atom stereocenters. The van der Waals surface area contributed by atoms with E-state index in [1.54, 1.807) is 30.6 Å². The predicted octanol–water partition coefficient (Wildman–Crippen LogP) is 4.55. The Kier molecular flexibility index (Phi) is 5.74. The van der Waals surface area contributed by atoms with Crippen molar-refractivity contribution in [3.05, 3.63) is 53.4 Å². The minimum atomic E-state index is -2.66. The predicted molar refractivity (Wildman–Crippen MR) is 120 cm³/mol. The fourth-order valence-corrected chi connectivity index (χ4v) is 5.08. The molecule has 3 fully saturated rings. The van der Waals surface area contributed by atoms with Crippen LogP contribution in [0.15, 0.2) is 30.6 Å². The molecule has 0 atom stereocenters. The first kappa shape index (κ1) is 23.6. The highest BCUT2D eigenvalue weighted by atomic mass is 19.3. The van der Waals surface area contributed by atoms with Gasteiger partial charge in [0.1, 0.15) is 5.69 Å².